The molecule has 0 radical (unpaired) electrons. The standard InChI is InChI=1S/C13H13F3N4OS/c1-8-7-22-11(18-8)9-6-20(4-5-21-9)12-17-3-2-10(19-12)13(14,15)16/h2-3,7,9H,4-6H2,1H3/t9-/m0/s1. The van der Waals surface area contributed by atoms with Crippen LogP contribution in [0, 0.1) is 6.92 Å². The number of nitrogens with zero attached hydrogens (tertiary/aromatic N) is 4. The molecule has 5 nitrogen and oxygen atoms in total. The topological polar surface area (TPSA) is 51.1 Å². The lowest BCUT2D eigenvalue weighted by molar-refractivity contribution is -0.141. The fourth-order valence-corrected chi connectivity index (χ4v) is 2.99. The third-order valence-electron chi connectivity index (χ3n) is 3.19. The average molecular weight is 330 g/mol. The highest BCUT2D eigenvalue weighted by atomic mass is 32.1. The first-order valence-electron chi connectivity index (χ1n) is 6.62. The predicted molar refractivity (Wildman–Crippen MR) is 74.8 cm³/mol. The van der Waals surface area contributed by atoms with Crippen molar-refractivity contribution >= 4 is 17.3 Å². The van der Waals surface area contributed by atoms with Crippen molar-refractivity contribution in [1.29, 1.82) is 0 Å². The van der Waals surface area contributed by atoms with Crippen molar-refractivity contribution in [3.63, 3.8) is 0 Å². The zero-order valence-electron chi connectivity index (χ0n) is 11.7. The van der Waals surface area contributed by atoms with E-state index >= 15 is 0 Å². The van der Waals surface area contributed by atoms with Gasteiger partial charge in [0.25, 0.3) is 0 Å². The van der Waals surface area contributed by atoms with Crippen LogP contribution < -0.4 is 4.90 Å². The van der Waals surface area contributed by atoms with Crippen LogP contribution in [0.2, 0.25) is 0 Å². The summed E-state index contributed by atoms with van der Waals surface area (Å²) in [6, 6.07) is 0.867. The van der Waals surface area contributed by atoms with Gasteiger partial charge >= 0.3 is 6.18 Å². The van der Waals surface area contributed by atoms with Crippen LogP contribution in [0.1, 0.15) is 22.5 Å². The second-order valence-electron chi connectivity index (χ2n) is 4.87. The molecular weight excluding hydrogens is 317 g/mol. The first-order valence-corrected chi connectivity index (χ1v) is 7.50. The summed E-state index contributed by atoms with van der Waals surface area (Å²) in [5, 5.41) is 2.73. The minimum Gasteiger partial charge on any atom is -0.367 e. The van der Waals surface area contributed by atoms with E-state index in [4.69, 9.17) is 4.74 Å². The lowest BCUT2D eigenvalue weighted by Crippen LogP contribution is -2.39. The largest absolute Gasteiger partial charge is 0.433 e. The minimum atomic E-state index is -4.48. The molecule has 0 aromatic carbocycles. The van der Waals surface area contributed by atoms with E-state index in [1.165, 1.54) is 11.3 Å². The van der Waals surface area contributed by atoms with Crippen molar-refractivity contribution in [2.24, 2.45) is 0 Å². The third-order valence-corrected chi connectivity index (χ3v) is 4.25. The lowest BCUT2D eigenvalue weighted by Gasteiger charge is -2.32. The number of hydrogen-bond donors (Lipinski definition) is 0. The molecule has 0 unspecified atom stereocenters. The lowest BCUT2D eigenvalue weighted by atomic mass is 10.3. The number of rotatable bonds is 2. The summed E-state index contributed by atoms with van der Waals surface area (Å²) in [6.07, 6.45) is -3.62. The number of halogens is 3. The molecule has 0 saturated carbocycles. The van der Waals surface area contributed by atoms with E-state index in [9.17, 15) is 13.2 Å². The Morgan fingerprint density at radius 2 is 2.18 bits per heavy atom. The van der Waals surface area contributed by atoms with Crippen molar-refractivity contribution in [2.75, 3.05) is 24.6 Å². The van der Waals surface area contributed by atoms with Gasteiger partial charge in [-0.25, -0.2) is 15.0 Å². The van der Waals surface area contributed by atoms with Crippen molar-refractivity contribution < 1.29 is 17.9 Å². The Morgan fingerprint density at radius 1 is 1.36 bits per heavy atom. The predicted octanol–water partition coefficient (Wildman–Crippen LogP) is 2.84. The molecule has 0 bridgehead atoms. The van der Waals surface area contributed by atoms with Crippen LogP contribution in [0.5, 0.6) is 0 Å². The quantitative estimate of drug-likeness (QED) is 0.847. The van der Waals surface area contributed by atoms with Crippen LogP contribution in [-0.2, 0) is 10.9 Å². The molecule has 1 saturated heterocycles. The molecule has 1 fully saturated rings. The summed E-state index contributed by atoms with van der Waals surface area (Å²) >= 11 is 1.48. The molecular formula is C13H13F3N4OS. The van der Waals surface area contributed by atoms with Gasteiger partial charge in [0.15, 0.2) is 0 Å². The Bertz CT molecular complexity index is 661. The SMILES string of the molecule is Cc1csc([C@@H]2CN(c3nccc(C(F)(F)F)n3)CCO2)n1. The summed E-state index contributed by atoms with van der Waals surface area (Å²) < 4.78 is 43.9. The van der Waals surface area contributed by atoms with Crippen molar-refractivity contribution in [3.8, 4) is 0 Å². The Labute approximate surface area is 128 Å². The van der Waals surface area contributed by atoms with Crippen LogP contribution in [-0.4, -0.2) is 34.6 Å². The highest BCUT2D eigenvalue weighted by Crippen LogP contribution is 2.30. The summed E-state index contributed by atoms with van der Waals surface area (Å²) in [5.41, 5.74) is -0.0401. The molecule has 1 aliphatic rings. The fourth-order valence-electron chi connectivity index (χ4n) is 2.16. The smallest absolute Gasteiger partial charge is 0.367 e. The molecule has 9 heteroatoms. The molecule has 0 spiro atoms. The van der Waals surface area contributed by atoms with E-state index in [-0.39, 0.29) is 12.1 Å². The zero-order chi connectivity index (χ0) is 15.7. The van der Waals surface area contributed by atoms with Gasteiger partial charge in [-0.2, -0.15) is 13.2 Å². The van der Waals surface area contributed by atoms with E-state index in [2.05, 4.69) is 15.0 Å². The monoisotopic (exact) mass is 330 g/mol. The number of anilines is 1. The fraction of sp³-hybridized carbons (Fsp3) is 0.462. The Hall–Kier alpha value is -1.74. The first-order chi connectivity index (χ1) is 10.4. The Balaban J connectivity index is 1.80. The van der Waals surface area contributed by atoms with Gasteiger partial charge in [0, 0.05) is 23.8 Å². The number of hydrogen-bond acceptors (Lipinski definition) is 6. The van der Waals surface area contributed by atoms with E-state index in [1.807, 2.05) is 12.3 Å². The van der Waals surface area contributed by atoms with Gasteiger partial charge < -0.3 is 9.64 Å². The van der Waals surface area contributed by atoms with Crippen LogP contribution in [0.15, 0.2) is 17.6 Å². The van der Waals surface area contributed by atoms with Gasteiger partial charge in [-0.15, -0.1) is 11.3 Å². The molecule has 3 rings (SSSR count). The summed E-state index contributed by atoms with van der Waals surface area (Å²) in [4.78, 5) is 13.6. The third kappa shape index (κ3) is 3.20. The second kappa shape index (κ2) is 5.81. The molecule has 118 valence electrons. The number of aryl methyl sites for hydroxylation is 1. The molecule has 22 heavy (non-hydrogen) atoms. The number of alkyl halides is 3. The maximum Gasteiger partial charge on any atom is 0.433 e. The average Bonchev–Trinajstić information content (AvgIpc) is 2.93. The molecule has 0 N–H and O–H groups in total. The van der Waals surface area contributed by atoms with Crippen LogP contribution in [0.25, 0.3) is 0 Å². The Morgan fingerprint density at radius 3 is 2.86 bits per heavy atom. The van der Waals surface area contributed by atoms with E-state index in [1.54, 1.807) is 4.90 Å². The zero-order valence-corrected chi connectivity index (χ0v) is 12.5. The highest BCUT2D eigenvalue weighted by Gasteiger charge is 2.34. The normalized spacial score (nSPS) is 19.5. The van der Waals surface area contributed by atoms with Gasteiger partial charge in [0.1, 0.15) is 16.8 Å². The summed E-state index contributed by atoms with van der Waals surface area (Å²) in [7, 11) is 0. The van der Waals surface area contributed by atoms with Gasteiger partial charge in [-0.05, 0) is 13.0 Å². The van der Waals surface area contributed by atoms with Crippen molar-refractivity contribution in [1.82, 2.24) is 15.0 Å². The maximum absolute atomic E-state index is 12.7. The number of ether oxygens (including phenoxy) is 1. The molecule has 2 aromatic rings. The van der Waals surface area contributed by atoms with Crippen LogP contribution >= 0.6 is 11.3 Å². The number of aromatic nitrogens is 3. The number of thiazole rings is 1. The molecule has 0 aliphatic carbocycles. The van der Waals surface area contributed by atoms with Crippen LogP contribution in [0.4, 0.5) is 19.1 Å². The molecule has 1 aliphatic heterocycles. The second-order valence-corrected chi connectivity index (χ2v) is 5.76. The van der Waals surface area contributed by atoms with Crippen molar-refractivity contribution in [3.05, 3.63) is 34.0 Å². The van der Waals surface area contributed by atoms with Crippen LogP contribution in [0.3, 0.4) is 0 Å². The van der Waals surface area contributed by atoms with Gasteiger partial charge in [0.2, 0.25) is 5.95 Å². The summed E-state index contributed by atoms with van der Waals surface area (Å²) in [6.45, 7) is 3.11. The maximum atomic E-state index is 12.7. The van der Waals surface area contributed by atoms with E-state index < -0.39 is 11.9 Å². The first kappa shape index (κ1) is 15.2. The summed E-state index contributed by atoms with van der Waals surface area (Å²) in [5.74, 6) is 0.0661. The van der Waals surface area contributed by atoms with Crippen molar-refractivity contribution in [2.45, 2.75) is 19.2 Å². The molecule has 3 heterocycles. The molecule has 2 aromatic heterocycles. The van der Waals surface area contributed by atoms with Gasteiger partial charge in [-0.3, -0.25) is 0 Å². The van der Waals surface area contributed by atoms with Gasteiger partial charge in [0.05, 0.1) is 13.2 Å². The molecule has 1 atom stereocenters. The number of morpholine rings is 1. The minimum absolute atomic E-state index is 0.0661. The van der Waals surface area contributed by atoms with E-state index in [0.717, 1.165) is 23.0 Å². The van der Waals surface area contributed by atoms with E-state index in [0.29, 0.717) is 19.7 Å². The Kier molecular flexibility index (Phi) is 4.00. The van der Waals surface area contributed by atoms with Gasteiger partial charge in [-0.1, -0.05) is 0 Å². The molecule has 0 amide bonds. The highest BCUT2D eigenvalue weighted by molar-refractivity contribution is 7.09.